The first kappa shape index (κ1) is 13.2. The number of nitrogens with zero attached hydrogens (tertiary/aromatic N) is 1. The second kappa shape index (κ2) is 5.20. The summed E-state index contributed by atoms with van der Waals surface area (Å²) in [6, 6.07) is 0. The lowest BCUT2D eigenvalue weighted by Crippen LogP contribution is -2.51. The quantitative estimate of drug-likeness (QED) is 0.384. The third-order valence-corrected chi connectivity index (χ3v) is 3.51. The minimum Gasteiger partial charge on any atom is -0.388 e. The van der Waals surface area contributed by atoms with Gasteiger partial charge in [-0.15, -0.1) is 0 Å². The number of ether oxygens (including phenoxy) is 1. The van der Waals surface area contributed by atoms with E-state index in [9.17, 15) is 24.9 Å². The van der Waals surface area contributed by atoms with Crippen molar-refractivity contribution in [3.8, 4) is 0 Å². The number of hydrogen-bond donors (Lipinski definition) is 5. The number of aliphatic hydroxyl groups is 3. The molecule has 18 heavy (non-hydrogen) atoms. The van der Waals surface area contributed by atoms with Crippen molar-refractivity contribution in [2.75, 3.05) is 6.61 Å². The van der Waals surface area contributed by atoms with E-state index < -0.39 is 35.0 Å². The van der Waals surface area contributed by atoms with E-state index >= 15 is 0 Å². The Bertz CT molecular complexity index is 530. The van der Waals surface area contributed by atoms with Crippen molar-refractivity contribution in [3.05, 3.63) is 20.8 Å². The van der Waals surface area contributed by atoms with Crippen molar-refractivity contribution in [1.29, 1.82) is 0 Å². The zero-order valence-electron chi connectivity index (χ0n) is 8.94. The predicted octanol–water partition coefficient (Wildman–Crippen LogP) is -3.01. The Kier molecular flexibility index (Phi) is 3.82. The molecular formula is C8H11N3O6S. The van der Waals surface area contributed by atoms with Crippen molar-refractivity contribution >= 4 is 11.8 Å². The number of thioether (sulfide) groups is 1. The van der Waals surface area contributed by atoms with Gasteiger partial charge in [0.1, 0.15) is 23.7 Å². The van der Waals surface area contributed by atoms with E-state index in [0.29, 0.717) is 0 Å². The lowest BCUT2D eigenvalue weighted by molar-refractivity contribution is -0.161. The number of nitrogens with one attached hydrogen (secondary N) is 2. The van der Waals surface area contributed by atoms with Gasteiger partial charge in [0, 0.05) is 0 Å². The molecule has 1 aromatic rings. The van der Waals surface area contributed by atoms with Crippen LogP contribution in [0.2, 0.25) is 0 Å². The van der Waals surface area contributed by atoms with Crippen LogP contribution >= 0.6 is 11.8 Å². The smallest absolute Gasteiger partial charge is 0.342 e. The Balaban J connectivity index is 2.14. The van der Waals surface area contributed by atoms with E-state index in [-0.39, 0.29) is 11.6 Å². The van der Waals surface area contributed by atoms with Gasteiger partial charge in [-0.05, 0) is 0 Å². The Morgan fingerprint density at radius 2 is 2.00 bits per heavy atom. The van der Waals surface area contributed by atoms with Crippen LogP contribution in [0.5, 0.6) is 0 Å². The highest BCUT2D eigenvalue weighted by Gasteiger charge is 2.38. The molecule has 100 valence electrons. The summed E-state index contributed by atoms with van der Waals surface area (Å²) in [5.74, 6) is 0. The number of aromatic nitrogens is 3. The topological polar surface area (TPSA) is 149 Å². The SMILES string of the molecule is O=c1[nH]nc(S[C@@H]2OC[C@H](O)[C@@H](O)[C@@H]2O)c(=O)[nH]1. The standard InChI is InChI=1S/C8H11N3O6S/c12-2-1-17-7(4(14)3(2)13)18-6-5(15)9-8(16)11-10-6/h2-4,7,12-14H,1H2,(H2,9,11,15,16)/t2-,3+,4-,7-/m0/s1. The summed E-state index contributed by atoms with van der Waals surface area (Å²) >= 11 is 0.745. The Morgan fingerprint density at radius 3 is 2.67 bits per heavy atom. The summed E-state index contributed by atoms with van der Waals surface area (Å²) in [7, 11) is 0. The molecule has 0 spiro atoms. The van der Waals surface area contributed by atoms with E-state index in [4.69, 9.17) is 4.74 Å². The largest absolute Gasteiger partial charge is 0.388 e. The van der Waals surface area contributed by atoms with Gasteiger partial charge in [-0.2, -0.15) is 5.10 Å². The molecule has 1 saturated heterocycles. The average Bonchev–Trinajstić information content (AvgIpc) is 2.33. The summed E-state index contributed by atoms with van der Waals surface area (Å²) in [5.41, 5.74) is -2.42. The molecule has 4 atom stereocenters. The van der Waals surface area contributed by atoms with Crippen molar-refractivity contribution in [2.24, 2.45) is 0 Å². The van der Waals surface area contributed by atoms with E-state index in [1.165, 1.54) is 0 Å². The first-order valence-electron chi connectivity index (χ1n) is 5.00. The van der Waals surface area contributed by atoms with Gasteiger partial charge in [-0.25, -0.2) is 9.89 Å². The van der Waals surface area contributed by atoms with Gasteiger partial charge in [0.15, 0.2) is 5.03 Å². The van der Waals surface area contributed by atoms with Gasteiger partial charge in [-0.3, -0.25) is 9.78 Å². The fourth-order valence-electron chi connectivity index (χ4n) is 1.41. The van der Waals surface area contributed by atoms with Crippen LogP contribution in [0, 0.1) is 0 Å². The maximum atomic E-state index is 11.4. The summed E-state index contributed by atoms with van der Waals surface area (Å²) in [6.07, 6.45) is -3.91. The van der Waals surface area contributed by atoms with Gasteiger partial charge < -0.3 is 20.1 Å². The molecule has 2 heterocycles. The van der Waals surface area contributed by atoms with Gasteiger partial charge >= 0.3 is 5.69 Å². The maximum absolute atomic E-state index is 11.4. The van der Waals surface area contributed by atoms with Crippen molar-refractivity contribution in [1.82, 2.24) is 15.2 Å². The molecule has 0 unspecified atom stereocenters. The highest BCUT2D eigenvalue weighted by molar-refractivity contribution is 7.99. The van der Waals surface area contributed by atoms with Crippen LogP contribution in [0.4, 0.5) is 0 Å². The summed E-state index contributed by atoms with van der Waals surface area (Å²) in [5, 5.41) is 33.8. The molecule has 0 amide bonds. The molecule has 0 aliphatic carbocycles. The number of aromatic amines is 2. The van der Waals surface area contributed by atoms with Crippen LogP contribution in [0.1, 0.15) is 0 Å². The Hall–Kier alpha value is -1.20. The molecule has 2 rings (SSSR count). The van der Waals surface area contributed by atoms with Gasteiger partial charge in [0.2, 0.25) is 0 Å². The van der Waals surface area contributed by atoms with E-state index in [1.807, 2.05) is 10.1 Å². The molecule has 0 aromatic carbocycles. The van der Waals surface area contributed by atoms with Crippen LogP contribution in [0.25, 0.3) is 0 Å². The third kappa shape index (κ3) is 2.62. The Morgan fingerprint density at radius 1 is 1.28 bits per heavy atom. The minimum atomic E-state index is -1.37. The lowest BCUT2D eigenvalue weighted by atomic mass is 10.1. The van der Waals surface area contributed by atoms with E-state index in [1.54, 1.807) is 0 Å². The Labute approximate surface area is 104 Å². The van der Waals surface area contributed by atoms with Crippen LogP contribution < -0.4 is 11.2 Å². The first-order chi connectivity index (χ1) is 8.49. The highest BCUT2D eigenvalue weighted by atomic mass is 32.2. The van der Waals surface area contributed by atoms with Crippen LogP contribution in [-0.2, 0) is 4.74 Å². The van der Waals surface area contributed by atoms with Gasteiger partial charge in [0.25, 0.3) is 5.56 Å². The summed E-state index contributed by atoms with van der Waals surface area (Å²) < 4.78 is 5.08. The molecule has 1 aliphatic rings. The summed E-state index contributed by atoms with van der Waals surface area (Å²) in [6.45, 7) is -0.169. The van der Waals surface area contributed by atoms with Crippen molar-refractivity contribution < 1.29 is 20.1 Å². The zero-order valence-corrected chi connectivity index (χ0v) is 9.75. The molecule has 10 heteroatoms. The molecule has 9 nitrogen and oxygen atoms in total. The first-order valence-corrected chi connectivity index (χ1v) is 5.88. The molecule has 1 aromatic heterocycles. The molecule has 0 radical (unpaired) electrons. The molecule has 1 fully saturated rings. The second-order valence-corrected chi connectivity index (χ2v) is 4.77. The monoisotopic (exact) mass is 277 g/mol. The van der Waals surface area contributed by atoms with Crippen molar-refractivity contribution in [3.63, 3.8) is 0 Å². The molecule has 1 aliphatic heterocycles. The second-order valence-electron chi connectivity index (χ2n) is 3.68. The normalized spacial score (nSPS) is 32.4. The molecule has 0 saturated carbocycles. The number of aliphatic hydroxyl groups excluding tert-OH is 3. The summed E-state index contributed by atoms with van der Waals surface area (Å²) in [4.78, 5) is 24.1. The molecule has 0 bridgehead atoms. The molecule has 5 N–H and O–H groups in total. The average molecular weight is 277 g/mol. The van der Waals surface area contributed by atoms with Crippen LogP contribution in [-0.4, -0.2) is 60.9 Å². The maximum Gasteiger partial charge on any atom is 0.342 e. The number of rotatable bonds is 2. The highest BCUT2D eigenvalue weighted by Crippen LogP contribution is 2.27. The van der Waals surface area contributed by atoms with Crippen LogP contribution in [0.15, 0.2) is 14.6 Å². The van der Waals surface area contributed by atoms with E-state index in [0.717, 1.165) is 11.8 Å². The zero-order chi connectivity index (χ0) is 13.3. The minimum absolute atomic E-state index is 0.109. The van der Waals surface area contributed by atoms with Gasteiger partial charge in [-0.1, -0.05) is 11.8 Å². The fraction of sp³-hybridized carbons (Fsp3) is 0.625. The van der Waals surface area contributed by atoms with Crippen molar-refractivity contribution in [2.45, 2.75) is 28.8 Å². The van der Waals surface area contributed by atoms with E-state index in [2.05, 4.69) is 5.10 Å². The predicted molar refractivity (Wildman–Crippen MR) is 59.1 cm³/mol. The van der Waals surface area contributed by atoms with Gasteiger partial charge in [0.05, 0.1) is 6.61 Å². The van der Waals surface area contributed by atoms with Crippen LogP contribution in [0.3, 0.4) is 0 Å². The molecular weight excluding hydrogens is 266 g/mol. The number of hydrogen-bond acceptors (Lipinski definition) is 8. The fourth-order valence-corrected chi connectivity index (χ4v) is 2.33. The third-order valence-electron chi connectivity index (χ3n) is 2.36. The lowest BCUT2D eigenvalue weighted by Gasteiger charge is -2.34. The number of H-pyrrole nitrogens is 2.